The number of nitrogens with zero attached hydrogens (tertiary/aromatic N) is 3. The molecule has 2 heterocycles. The number of carbonyl (C=O) groups is 1. The Morgan fingerprint density at radius 1 is 1.03 bits per heavy atom. The number of nitrogens with one attached hydrogen (secondary N) is 1. The van der Waals surface area contributed by atoms with Crippen molar-refractivity contribution in [1.82, 2.24) is 20.4 Å². The molecule has 1 atom stereocenters. The topological polar surface area (TPSA) is 71.3 Å². The second-order valence-electron chi connectivity index (χ2n) is 8.50. The largest absolute Gasteiger partial charge is 0.353 e. The summed E-state index contributed by atoms with van der Waals surface area (Å²) in [5, 5.41) is 7.46. The third kappa shape index (κ3) is 5.66. The van der Waals surface area contributed by atoms with Gasteiger partial charge in [0.15, 0.2) is 0 Å². The van der Waals surface area contributed by atoms with E-state index in [4.69, 9.17) is 4.52 Å². The van der Waals surface area contributed by atoms with Gasteiger partial charge < -0.3 is 9.84 Å². The van der Waals surface area contributed by atoms with E-state index in [1.54, 1.807) is 0 Å². The highest BCUT2D eigenvalue weighted by Gasteiger charge is 2.28. The highest BCUT2D eigenvalue weighted by Crippen LogP contribution is 2.22. The molecular weight excluding hydrogens is 364 g/mol. The number of carbonyl (C=O) groups excluding carboxylic acids is 1. The third-order valence-corrected chi connectivity index (χ3v) is 6.19. The van der Waals surface area contributed by atoms with Crippen LogP contribution in [-0.4, -0.2) is 40.1 Å². The Bertz CT molecular complexity index is 768. The summed E-state index contributed by atoms with van der Waals surface area (Å²) in [4.78, 5) is 19.7. The first-order valence-electron chi connectivity index (χ1n) is 11.2. The normalized spacial score (nSPS) is 22.0. The van der Waals surface area contributed by atoms with Crippen LogP contribution in [0.5, 0.6) is 0 Å². The second kappa shape index (κ2) is 10.0. The van der Waals surface area contributed by atoms with Crippen LogP contribution >= 0.6 is 0 Å². The molecule has 2 aromatic rings. The van der Waals surface area contributed by atoms with Gasteiger partial charge in [-0.25, -0.2) is 0 Å². The summed E-state index contributed by atoms with van der Waals surface area (Å²) in [5.41, 5.74) is 0.956. The lowest BCUT2D eigenvalue weighted by Crippen LogP contribution is -2.45. The first-order valence-corrected chi connectivity index (χ1v) is 11.2. The minimum absolute atomic E-state index is 0.0608. The molecule has 1 aromatic carbocycles. The molecule has 1 aliphatic heterocycles. The molecule has 2 fully saturated rings. The maximum Gasteiger partial charge on any atom is 0.241 e. The van der Waals surface area contributed by atoms with Gasteiger partial charge >= 0.3 is 0 Å². The maximum atomic E-state index is 12.9. The van der Waals surface area contributed by atoms with E-state index < -0.39 is 0 Å². The van der Waals surface area contributed by atoms with Crippen LogP contribution < -0.4 is 5.32 Å². The van der Waals surface area contributed by atoms with Crippen LogP contribution in [0.15, 0.2) is 34.9 Å². The summed E-state index contributed by atoms with van der Waals surface area (Å²) in [6.07, 6.45) is 10.7. The van der Waals surface area contributed by atoms with Gasteiger partial charge in [0.25, 0.3) is 0 Å². The van der Waals surface area contributed by atoms with E-state index >= 15 is 0 Å². The number of rotatable bonds is 5. The fourth-order valence-corrected chi connectivity index (χ4v) is 4.55. The van der Waals surface area contributed by atoms with Gasteiger partial charge in [0.05, 0.1) is 12.5 Å². The molecule has 1 saturated heterocycles. The molecule has 1 aliphatic carbocycles. The summed E-state index contributed by atoms with van der Waals surface area (Å²) < 4.78 is 5.46. The summed E-state index contributed by atoms with van der Waals surface area (Å²) in [6.45, 7) is 2.34. The Balaban J connectivity index is 1.30. The van der Waals surface area contributed by atoms with Crippen molar-refractivity contribution in [3.63, 3.8) is 0 Å². The first-order chi connectivity index (χ1) is 14.3. The van der Waals surface area contributed by atoms with Crippen LogP contribution in [0, 0.1) is 5.92 Å². The van der Waals surface area contributed by atoms with Crippen molar-refractivity contribution >= 4 is 5.91 Å². The molecule has 1 unspecified atom stereocenters. The minimum atomic E-state index is 0.0608. The summed E-state index contributed by atoms with van der Waals surface area (Å²) in [6, 6.07) is 10.2. The van der Waals surface area contributed by atoms with Crippen LogP contribution in [0.1, 0.15) is 63.7 Å². The van der Waals surface area contributed by atoms with E-state index in [0.717, 1.165) is 44.3 Å². The molecule has 0 spiro atoms. The number of hydrogen-bond donors (Lipinski definition) is 1. The Hall–Kier alpha value is -2.21. The lowest BCUT2D eigenvalue weighted by Gasteiger charge is -2.32. The van der Waals surface area contributed by atoms with E-state index in [1.165, 1.54) is 32.1 Å². The van der Waals surface area contributed by atoms with Crippen LogP contribution in [0.4, 0.5) is 0 Å². The minimum Gasteiger partial charge on any atom is -0.353 e. The molecular formula is C23H32N4O2. The Kier molecular flexibility index (Phi) is 6.93. The fraction of sp³-hybridized carbons (Fsp3) is 0.609. The number of piperidine rings is 1. The number of amides is 1. The number of hydrogen-bond acceptors (Lipinski definition) is 5. The van der Waals surface area contributed by atoms with E-state index in [9.17, 15) is 4.79 Å². The van der Waals surface area contributed by atoms with Crippen molar-refractivity contribution in [1.29, 1.82) is 0 Å². The summed E-state index contributed by atoms with van der Waals surface area (Å²) >= 11 is 0. The third-order valence-electron chi connectivity index (χ3n) is 6.19. The maximum absolute atomic E-state index is 12.9. The van der Waals surface area contributed by atoms with Gasteiger partial charge in [0.1, 0.15) is 0 Å². The predicted octanol–water partition coefficient (Wildman–Crippen LogP) is 4.18. The standard InChI is InChI=1S/C23H32N4O2/c28-23(24-20-13-7-2-1-3-8-14-20)19-12-9-15-27(16-19)17-21-25-22(26-29-21)18-10-5-4-6-11-18/h4-6,10-11,19-20H,1-3,7-9,12-17H2,(H,24,28). The second-order valence-corrected chi connectivity index (χ2v) is 8.50. The molecule has 2 aliphatic rings. The number of likely N-dealkylation sites (tertiary alicyclic amines) is 1. The van der Waals surface area contributed by atoms with E-state index in [2.05, 4.69) is 20.4 Å². The molecule has 0 radical (unpaired) electrons. The molecule has 29 heavy (non-hydrogen) atoms. The monoisotopic (exact) mass is 396 g/mol. The smallest absolute Gasteiger partial charge is 0.241 e. The molecule has 156 valence electrons. The zero-order valence-corrected chi connectivity index (χ0v) is 17.2. The predicted molar refractivity (Wildman–Crippen MR) is 112 cm³/mol. The SMILES string of the molecule is O=C(NC1CCCCCCC1)C1CCCN(Cc2nc(-c3ccccc3)no2)C1. The Morgan fingerprint density at radius 3 is 2.59 bits per heavy atom. The number of aromatic nitrogens is 2. The average Bonchev–Trinajstić information content (AvgIpc) is 3.19. The van der Waals surface area contributed by atoms with Gasteiger partial charge in [-0.3, -0.25) is 9.69 Å². The van der Waals surface area contributed by atoms with Crippen LogP contribution in [0.3, 0.4) is 0 Å². The van der Waals surface area contributed by atoms with Crippen LogP contribution in [0.2, 0.25) is 0 Å². The molecule has 0 bridgehead atoms. The van der Waals surface area contributed by atoms with Crippen molar-refractivity contribution in [2.75, 3.05) is 13.1 Å². The molecule has 6 nitrogen and oxygen atoms in total. The average molecular weight is 397 g/mol. The van der Waals surface area contributed by atoms with E-state index in [-0.39, 0.29) is 11.8 Å². The van der Waals surface area contributed by atoms with E-state index in [0.29, 0.717) is 24.3 Å². The van der Waals surface area contributed by atoms with Gasteiger partial charge in [0.2, 0.25) is 17.6 Å². The van der Waals surface area contributed by atoms with Gasteiger partial charge in [-0.1, -0.05) is 67.6 Å². The highest BCUT2D eigenvalue weighted by atomic mass is 16.5. The molecule has 1 amide bonds. The van der Waals surface area contributed by atoms with Crippen LogP contribution in [0.25, 0.3) is 11.4 Å². The highest BCUT2D eigenvalue weighted by molar-refractivity contribution is 5.79. The molecule has 1 aromatic heterocycles. The first kappa shape index (κ1) is 20.1. The lowest BCUT2D eigenvalue weighted by atomic mass is 9.94. The summed E-state index contributed by atoms with van der Waals surface area (Å²) in [5.74, 6) is 1.53. The van der Waals surface area contributed by atoms with E-state index in [1.807, 2.05) is 30.3 Å². The zero-order valence-electron chi connectivity index (χ0n) is 17.2. The van der Waals surface area contributed by atoms with Gasteiger partial charge in [-0.2, -0.15) is 4.98 Å². The molecule has 6 heteroatoms. The van der Waals surface area contributed by atoms with Gasteiger partial charge in [-0.15, -0.1) is 0 Å². The lowest BCUT2D eigenvalue weighted by molar-refractivity contribution is -0.127. The van der Waals surface area contributed by atoms with Crippen molar-refractivity contribution in [2.45, 2.75) is 70.4 Å². The molecule has 4 rings (SSSR count). The Morgan fingerprint density at radius 2 is 1.79 bits per heavy atom. The zero-order chi connectivity index (χ0) is 19.9. The van der Waals surface area contributed by atoms with Gasteiger partial charge in [0, 0.05) is 18.2 Å². The fourth-order valence-electron chi connectivity index (χ4n) is 4.55. The van der Waals surface area contributed by atoms with Crippen molar-refractivity contribution in [2.24, 2.45) is 5.92 Å². The summed E-state index contributed by atoms with van der Waals surface area (Å²) in [7, 11) is 0. The van der Waals surface area contributed by atoms with Crippen molar-refractivity contribution in [3.8, 4) is 11.4 Å². The van der Waals surface area contributed by atoms with Crippen molar-refractivity contribution in [3.05, 3.63) is 36.2 Å². The number of benzene rings is 1. The molecule has 1 saturated carbocycles. The van der Waals surface area contributed by atoms with Crippen molar-refractivity contribution < 1.29 is 9.32 Å². The Labute approximate surface area is 173 Å². The molecule has 1 N–H and O–H groups in total. The van der Waals surface area contributed by atoms with Gasteiger partial charge in [-0.05, 0) is 32.2 Å². The quantitative estimate of drug-likeness (QED) is 0.821. The van der Waals surface area contributed by atoms with Crippen LogP contribution in [-0.2, 0) is 11.3 Å².